The molecule has 2 aromatic carbocycles. The highest BCUT2D eigenvalue weighted by Crippen LogP contribution is 2.34. The maximum absolute atomic E-state index is 13.3. The molecular formula is C32H29Cl2F3N9O4+. The number of halogens is 5. The Hall–Kier alpha value is -5.32. The summed E-state index contributed by atoms with van der Waals surface area (Å²) in [6.07, 6.45) is 0.716. The molecule has 0 fully saturated rings. The van der Waals surface area contributed by atoms with Gasteiger partial charge in [-0.2, -0.15) is 13.2 Å². The van der Waals surface area contributed by atoms with Crippen LogP contribution in [0.3, 0.4) is 0 Å². The Morgan fingerprint density at radius 1 is 1.12 bits per heavy atom. The van der Waals surface area contributed by atoms with Crippen LogP contribution >= 0.6 is 23.2 Å². The first-order valence-corrected chi connectivity index (χ1v) is 15.5. The molecule has 0 atom stereocenters. The van der Waals surface area contributed by atoms with Gasteiger partial charge < -0.3 is 30.0 Å². The molecule has 0 unspecified atom stereocenters. The summed E-state index contributed by atoms with van der Waals surface area (Å²) in [5.41, 5.74) is 1.80. The third kappa shape index (κ3) is 8.82. The second-order valence-electron chi connectivity index (χ2n) is 11.7. The quantitative estimate of drug-likeness (QED) is 0.0594. The molecule has 18 heteroatoms. The maximum atomic E-state index is 13.3. The van der Waals surface area contributed by atoms with Crippen molar-refractivity contribution >= 4 is 63.2 Å². The number of carbonyl (C=O) groups excluding carboxylic acids is 1. The number of pyridine rings is 1. The summed E-state index contributed by atoms with van der Waals surface area (Å²) >= 11 is 12.5. The highest BCUT2D eigenvalue weighted by molar-refractivity contribution is 6.32. The van der Waals surface area contributed by atoms with Gasteiger partial charge in [0.2, 0.25) is 5.91 Å². The third-order valence-electron chi connectivity index (χ3n) is 7.32. The minimum atomic E-state index is -4.86. The summed E-state index contributed by atoms with van der Waals surface area (Å²) in [7, 11) is 4.39. The lowest BCUT2D eigenvalue weighted by Gasteiger charge is -2.28. The summed E-state index contributed by atoms with van der Waals surface area (Å²) < 4.78 is 46.5. The molecule has 0 radical (unpaired) electrons. The average molecular weight is 732 g/mol. The average Bonchev–Trinajstić information content (AvgIpc) is 3.36. The number of hydrogen-bond donors (Lipinski definition) is 2. The Labute approximate surface area is 293 Å². The number of rotatable bonds is 12. The molecule has 5 aromatic rings. The topological polar surface area (TPSA) is 150 Å². The molecule has 260 valence electrons. The van der Waals surface area contributed by atoms with Crippen LogP contribution in [0.4, 0.5) is 36.3 Å². The second kappa shape index (κ2) is 14.7. The fourth-order valence-electron chi connectivity index (χ4n) is 4.92. The fraction of sp³-hybridized carbons (Fsp3) is 0.219. The monoisotopic (exact) mass is 730 g/mol. The van der Waals surface area contributed by atoms with E-state index in [1.807, 2.05) is 12.1 Å². The second-order valence-corrected chi connectivity index (χ2v) is 12.5. The van der Waals surface area contributed by atoms with Crippen LogP contribution in [0.2, 0.25) is 10.0 Å². The van der Waals surface area contributed by atoms with Crippen LogP contribution in [0.15, 0.2) is 73.2 Å². The van der Waals surface area contributed by atoms with Crippen molar-refractivity contribution in [3.63, 3.8) is 0 Å². The van der Waals surface area contributed by atoms with Gasteiger partial charge in [0.1, 0.15) is 36.9 Å². The zero-order chi connectivity index (χ0) is 36.2. The smallest absolute Gasteiger partial charge is 0.475 e. The van der Waals surface area contributed by atoms with E-state index in [0.29, 0.717) is 42.8 Å². The Balaban J connectivity index is 1.23. The molecule has 5 rings (SSSR count). The summed E-state index contributed by atoms with van der Waals surface area (Å²) in [5.74, 6) is -1.67. The summed E-state index contributed by atoms with van der Waals surface area (Å²) in [6, 6.07) is 14.1. The minimum Gasteiger partial charge on any atom is -0.487 e. The number of amides is 1. The van der Waals surface area contributed by atoms with E-state index in [0.717, 1.165) is 12.6 Å². The molecule has 1 amide bonds. The molecule has 13 nitrogen and oxygen atoms in total. The number of nitrogens with one attached hydrogen (secondary N) is 2. The molecule has 0 bridgehead atoms. The van der Waals surface area contributed by atoms with Gasteiger partial charge in [0.25, 0.3) is 0 Å². The molecule has 3 aromatic heterocycles. The zero-order valence-electron chi connectivity index (χ0n) is 26.7. The van der Waals surface area contributed by atoms with Crippen molar-refractivity contribution in [2.75, 3.05) is 31.3 Å². The van der Waals surface area contributed by atoms with Gasteiger partial charge in [-0.1, -0.05) is 35.3 Å². The number of fused-ring (bicyclic) bond motifs is 1. The van der Waals surface area contributed by atoms with Crippen LogP contribution in [-0.4, -0.2) is 60.5 Å². The highest BCUT2D eigenvalue weighted by Gasteiger charge is 2.45. The van der Waals surface area contributed by atoms with Crippen LogP contribution in [0.25, 0.3) is 10.9 Å². The standard InChI is InChI=1S/C32H28Cl2F3N9O4/c1-44-25(30(45(48)49)43-31(44)32(35,36)37)16-46(2,3)11-5-8-28(47)42-27-14-22-24(15-38-27)39-18-40-29(22)41-21-9-10-26(23(34)13-21)50-17-19-6-4-7-20(33)12-19/h4-10,12-15,18H,11,16-17H2,1-3H3,(H-,38,39,40,41,42,47)/p+1/b8-5+. The van der Waals surface area contributed by atoms with Crippen LogP contribution in [0, 0.1) is 10.1 Å². The molecule has 0 aliphatic carbocycles. The molecular weight excluding hydrogens is 702 g/mol. The Morgan fingerprint density at radius 3 is 2.60 bits per heavy atom. The third-order valence-corrected chi connectivity index (χ3v) is 7.85. The van der Waals surface area contributed by atoms with Crippen LogP contribution in [0.1, 0.15) is 17.1 Å². The van der Waals surface area contributed by atoms with Gasteiger partial charge in [-0.15, -0.1) is 0 Å². The number of hydrogen-bond acceptors (Lipinski definition) is 9. The van der Waals surface area contributed by atoms with Crippen molar-refractivity contribution < 1.29 is 32.1 Å². The van der Waals surface area contributed by atoms with Gasteiger partial charge in [0.05, 0.1) is 37.4 Å². The van der Waals surface area contributed by atoms with Crippen molar-refractivity contribution in [1.29, 1.82) is 0 Å². The molecule has 3 heterocycles. The molecule has 0 saturated heterocycles. The van der Waals surface area contributed by atoms with E-state index in [-0.39, 0.29) is 35.7 Å². The largest absolute Gasteiger partial charge is 0.487 e. The lowest BCUT2D eigenvalue weighted by molar-refractivity contribution is -0.898. The van der Waals surface area contributed by atoms with E-state index >= 15 is 0 Å². The molecule has 0 spiro atoms. The van der Waals surface area contributed by atoms with E-state index in [4.69, 9.17) is 27.9 Å². The zero-order valence-corrected chi connectivity index (χ0v) is 28.2. The Kier molecular flexibility index (Phi) is 10.5. The van der Waals surface area contributed by atoms with Gasteiger partial charge >= 0.3 is 17.8 Å². The molecule has 50 heavy (non-hydrogen) atoms. The van der Waals surface area contributed by atoms with Gasteiger partial charge in [-0.05, 0) is 57.9 Å². The van der Waals surface area contributed by atoms with Gasteiger partial charge in [-0.25, -0.2) is 15.0 Å². The Bertz CT molecular complexity index is 2110. The first-order valence-electron chi connectivity index (χ1n) is 14.7. The number of aromatic nitrogens is 5. The van der Waals surface area contributed by atoms with Crippen molar-refractivity contribution in [2.24, 2.45) is 7.05 Å². The van der Waals surface area contributed by atoms with Crippen molar-refractivity contribution in [2.45, 2.75) is 19.3 Å². The predicted octanol–water partition coefficient (Wildman–Crippen LogP) is 7.09. The van der Waals surface area contributed by atoms with E-state index < -0.39 is 28.6 Å². The summed E-state index contributed by atoms with van der Waals surface area (Å²) in [5, 5.41) is 18.8. The molecule has 0 aliphatic heterocycles. The van der Waals surface area contributed by atoms with Crippen molar-refractivity contribution in [3.8, 4) is 5.75 Å². The van der Waals surface area contributed by atoms with Gasteiger partial charge in [0.15, 0.2) is 5.69 Å². The predicted molar refractivity (Wildman–Crippen MR) is 181 cm³/mol. The van der Waals surface area contributed by atoms with Gasteiger partial charge in [-0.3, -0.25) is 9.36 Å². The Morgan fingerprint density at radius 2 is 1.90 bits per heavy atom. The first kappa shape index (κ1) is 36.0. The van der Waals surface area contributed by atoms with Crippen LogP contribution in [-0.2, 0) is 31.2 Å². The van der Waals surface area contributed by atoms with Gasteiger partial charge in [0, 0.05) is 29.2 Å². The number of alkyl halides is 3. The molecule has 0 aliphatic rings. The van der Waals surface area contributed by atoms with Crippen LogP contribution in [0.5, 0.6) is 5.75 Å². The lowest BCUT2D eigenvalue weighted by atomic mass is 10.2. The van der Waals surface area contributed by atoms with E-state index in [2.05, 4.69) is 30.6 Å². The number of carbonyl (C=O) groups is 1. The molecule has 0 saturated carbocycles. The van der Waals surface area contributed by atoms with Crippen molar-refractivity contribution in [1.82, 2.24) is 24.5 Å². The van der Waals surface area contributed by atoms with Crippen molar-refractivity contribution in [3.05, 3.63) is 110 Å². The number of quaternary nitrogens is 1. The number of benzene rings is 2. The summed E-state index contributed by atoms with van der Waals surface area (Å²) in [4.78, 5) is 39.3. The van der Waals surface area contributed by atoms with E-state index in [1.54, 1.807) is 50.5 Å². The lowest BCUT2D eigenvalue weighted by Crippen LogP contribution is -2.39. The first-order chi connectivity index (χ1) is 23.6. The number of imidazole rings is 1. The molecule has 2 N–H and O–H groups in total. The number of ether oxygens (including phenoxy) is 1. The van der Waals surface area contributed by atoms with E-state index in [1.165, 1.54) is 24.7 Å². The number of anilines is 3. The maximum Gasteiger partial charge on any atom is 0.475 e. The summed E-state index contributed by atoms with van der Waals surface area (Å²) in [6.45, 7) is 0.268. The number of nitro groups is 1. The normalized spacial score (nSPS) is 12.0. The highest BCUT2D eigenvalue weighted by atomic mass is 35.5. The minimum absolute atomic E-state index is 0.0128. The van der Waals surface area contributed by atoms with E-state index in [9.17, 15) is 28.1 Å². The fourth-order valence-corrected chi connectivity index (χ4v) is 5.37. The number of nitrogens with zero attached hydrogens (tertiary/aromatic N) is 7. The number of likely N-dealkylation sites (N-methyl/N-ethyl adjacent to an activating group) is 1. The SMILES string of the molecule is Cn1c(C(F)(F)F)nc([N+](=O)[O-])c1C[N+](C)(C)C/C=C/C(=O)Nc1cc2c(Nc3ccc(OCc4cccc(Cl)c4)c(Cl)c3)ncnc2cn1. The van der Waals surface area contributed by atoms with Crippen LogP contribution < -0.4 is 15.4 Å².